The minimum Gasteiger partial charge on any atom is -0.468 e. The molecular weight excluding hydrogens is 316 g/mol. The van der Waals surface area contributed by atoms with E-state index in [1.807, 2.05) is 37.4 Å². The Bertz CT molecular complexity index is 818. The lowest BCUT2D eigenvalue weighted by Gasteiger charge is -2.15. The van der Waals surface area contributed by atoms with Crippen LogP contribution in [-0.4, -0.2) is 26.9 Å². The van der Waals surface area contributed by atoms with E-state index >= 15 is 0 Å². The zero-order valence-electron chi connectivity index (χ0n) is 14.4. The van der Waals surface area contributed by atoms with Crippen LogP contribution >= 0.6 is 0 Å². The number of aromatic nitrogens is 3. The van der Waals surface area contributed by atoms with Crippen LogP contribution in [0.5, 0.6) is 0 Å². The summed E-state index contributed by atoms with van der Waals surface area (Å²) in [6.07, 6.45) is 2.58. The van der Waals surface area contributed by atoms with Gasteiger partial charge in [0.05, 0.1) is 19.4 Å². The second-order valence-electron chi connectivity index (χ2n) is 5.82. The van der Waals surface area contributed by atoms with Gasteiger partial charge in [-0.25, -0.2) is 0 Å². The van der Waals surface area contributed by atoms with Crippen molar-refractivity contribution in [2.45, 2.75) is 26.4 Å². The first kappa shape index (κ1) is 16.9. The van der Waals surface area contributed by atoms with E-state index in [1.165, 1.54) is 5.56 Å². The molecule has 130 valence electrons. The maximum Gasteiger partial charge on any atom is 0.232 e. The normalized spacial score (nSPS) is 11.0. The summed E-state index contributed by atoms with van der Waals surface area (Å²) in [5.74, 6) is 2.15. The molecule has 0 unspecified atom stereocenters. The second-order valence-corrected chi connectivity index (χ2v) is 5.82. The Labute approximate surface area is 146 Å². The molecule has 2 heterocycles. The lowest BCUT2D eigenvalue weighted by molar-refractivity contribution is 0.281. The first-order valence-corrected chi connectivity index (χ1v) is 8.20. The summed E-state index contributed by atoms with van der Waals surface area (Å²) in [5, 5.41) is 3.24. The molecule has 3 rings (SSSR count). The highest BCUT2D eigenvalue weighted by Crippen LogP contribution is 2.19. The number of anilines is 3. The number of nitrogens with one attached hydrogen (secondary N) is 1. The summed E-state index contributed by atoms with van der Waals surface area (Å²) in [6.45, 7) is 3.31. The SMILES string of the molecule is CCc1ccccc1Nc1nc(N)nc(CN(C)Cc2ccco2)n1. The average Bonchev–Trinajstić information content (AvgIpc) is 3.07. The molecule has 0 spiro atoms. The number of hydrogen-bond acceptors (Lipinski definition) is 7. The number of rotatable bonds is 7. The summed E-state index contributed by atoms with van der Waals surface area (Å²) in [5.41, 5.74) is 8.03. The fourth-order valence-electron chi connectivity index (χ4n) is 2.60. The van der Waals surface area contributed by atoms with Crippen molar-refractivity contribution in [3.05, 3.63) is 59.8 Å². The molecule has 0 aliphatic carbocycles. The van der Waals surface area contributed by atoms with Crippen molar-refractivity contribution in [2.75, 3.05) is 18.1 Å². The number of furan rings is 1. The molecule has 0 amide bonds. The Hall–Kier alpha value is -2.93. The van der Waals surface area contributed by atoms with Crippen molar-refractivity contribution in [3.8, 4) is 0 Å². The number of aryl methyl sites for hydroxylation is 1. The van der Waals surface area contributed by atoms with E-state index in [-0.39, 0.29) is 5.95 Å². The molecule has 0 saturated heterocycles. The number of benzene rings is 1. The molecule has 0 atom stereocenters. The Morgan fingerprint density at radius 1 is 1.08 bits per heavy atom. The highest BCUT2D eigenvalue weighted by molar-refractivity contribution is 5.58. The summed E-state index contributed by atoms with van der Waals surface area (Å²) < 4.78 is 5.36. The summed E-state index contributed by atoms with van der Waals surface area (Å²) in [6, 6.07) is 11.9. The maximum absolute atomic E-state index is 5.86. The molecule has 0 bridgehead atoms. The smallest absolute Gasteiger partial charge is 0.232 e. The zero-order valence-corrected chi connectivity index (χ0v) is 14.4. The van der Waals surface area contributed by atoms with Crippen LogP contribution in [-0.2, 0) is 19.5 Å². The fraction of sp³-hybridized carbons (Fsp3) is 0.278. The third-order valence-electron chi connectivity index (χ3n) is 3.76. The predicted octanol–water partition coefficient (Wildman–Crippen LogP) is 2.98. The Morgan fingerprint density at radius 2 is 1.92 bits per heavy atom. The molecule has 0 saturated carbocycles. The van der Waals surface area contributed by atoms with E-state index in [4.69, 9.17) is 10.2 Å². The average molecular weight is 338 g/mol. The number of nitrogen functional groups attached to an aromatic ring is 1. The molecule has 25 heavy (non-hydrogen) atoms. The van der Waals surface area contributed by atoms with Gasteiger partial charge in [-0.15, -0.1) is 0 Å². The van der Waals surface area contributed by atoms with Gasteiger partial charge in [-0.2, -0.15) is 15.0 Å². The molecule has 0 radical (unpaired) electrons. The van der Waals surface area contributed by atoms with Gasteiger partial charge in [-0.1, -0.05) is 25.1 Å². The van der Waals surface area contributed by atoms with Crippen LogP contribution in [0, 0.1) is 0 Å². The van der Waals surface area contributed by atoms with E-state index in [0.717, 1.165) is 17.9 Å². The Morgan fingerprint density at radius 3 is 2.68 bits per heavy atom. The molecule has 7 heteroatoms. The van der Waals surface area contributed by atoms with Crippen LogP contribution in [0.2, 0.25) is 0 Å². The highest BCUT2D eigenvalue weighted by atomic mass is 16.3. The molecule has 0 aliphatic heterocycles. The van der Waals surface area contributed by atoms with Crippen LogP contribution in [0.25, 0.3) is 0 Å². The molecule has 1 aromatic carbocycles. The molecule has 0 fully saturated rings. The number of para-hydroxylation sites is 1. The highest BCUT2D eigenvalue weighted by Gasteiger charge is 2.10. The number of hydrogen-bond donors (Lipinski definition) is 2. The van der Waals surface area contributed by atoms with E-state index in [2.05, 4.69) is 38.2 Å². The second kappa shape index (κ2) is 7.76. The minimum absolute atomic E-state index is 0.202. The third-order valence-corrected chi connectivity index (χ3v) is 3.76. The molecule has 7 nitrogen and oxygen atoms in total. The van der Waals surface area contributed by atoms with E-state index < -0.39 is 0 Å². The van der Waals surface area contributed by atoms with Crippen molar-refractivity contribution in [1.29, 1.82) is 0 Å². The summed E-state index contributed by atoms with van der Waals surface area (Å²) in [4.78, 5) is 15.0. The molecular formula is C18H22N6O. The largest absolute Gasteiger partial charge is 0.468 e. The van der Waals surface area contributed by atoms with Gasteiger partial charge in [0.1, 0.15) is 11.6 Å². The standard InChI is InChI=1S/C18H22N6O/c1-3-13-7-4-5-9-15(13)20-18-22-16(21-17(19)23-18)12-24(2)11-14-8-6-10-25-14/h4-10H,3,11-12H2,1-2H3,(H3,19,20,21,22,23). The van der Waals surface area contributed by atoms with Crippen molar-refractivity contribution >= 4 is 17.6 Å². The van der Waals surface area contributed by atoms with Gasteiger partial charge in [0.25, 0.3) is 0 Å². The van der Waals surface area contributed by atoms with Gasteiger partial charge in [-0.3, -0.25) is 4.90 Å². The molecule has 3 aromatic rings. The van der Waals surface area contributed by atoms with Crippen molar-refractivity contribution in [2.24, 2.45) is 0 Å². The molecule has 3 N–H and O–H groups in total. The van der Waals surface area contributed by atoms with Crippen LogP contribution in [0.3, 0.4) is 0 Å². The van der Waals surface area contributed by atoms with Gasteiger partial charge in [-0.05, 0) is 37.2 Å². The topological polar surface area (TPSA) is 93.1 Å². The van der Waals surface area contributed by atoms with E-state index in [0.29, 0.717) is 24.9 Å². The predicted molar refractivity (Wildman–Crippen MR) is 97.2 cm³/mol. The van der Waals surface area contributed by atoms with E-state index in [9.17, 15) is 0 Å². The first-order chi connectivity index (χ1) is 12.1. The van der Waals surface area contributed by atoms with Gasteiger partial charge in [0, 0.05) is 5.69 Å². The number of nitrogens with zero attached hydrogens (tertiary/aromatic N) is 4. The fourth-order valence-corrected chi connectivity index (χ4v) is 2.60. The van der Waals surface area contributed by atoms with Gasteiger partial charge < -0.3 is 15.5 Å². The third kappa shape index (κ3) is 4.54. The monoisotopic (exact) mass is 338 g/mol. The van der Waals surface area contributed by atoms with Crippen LogP contribution < -0.4 is 11.1 Å². The molecule has 0 aliphatic rings. The maximum atomic E-state index is 5.86. The van der Waals surface area contributed by atoms with Crippen LogP contribution in [0.4, 0.5) is 17.6 Å². The van der Waals surface area contributed by atoms with Crippen LogP contribution in [0.1, 0.15) is 24.1 Å². The van der Waals surface area contributed by atoms with Crippen molar-refractivity contribution in [3.63, 3.8) is 0 Å². The van der Waals surface area contributed by atoms with Gasteiger partial charge in [0.2, 0.25) is 11.9 Å². The van der Waals surface area contributed by atoms with Gasteiger partial charge in [0.15, 0.2) is 0 Å². The number of nitrogens with two attached hydrogens (primary N) is 1. The Kier molecular flexibility index (Phi) is 5.25. The van der Waals surface area contributed by atoms with Crippen molar-refractivity contribution < 1.29 is 4.42 Å². The van der Waals surface area contributed by atoms with Crippen molar-refractivity contribution in [1.82, 2.24) is 19.9 Å². The van der Waals surface area contributed by atoms with Gasteiger partial charge >= 0.3 is 0 Å². The quantitative estimate of drug-likeness (QED) is 0.684. The van der Waals surface area contributed by atoms with E-state index in [1.54, 1.807) is 6.26 Å². The minimum atomic E-state index is 0.202. The Balaban J connectivity index is 1.73. The summed E-state index contributed by atoms with van der Waals surface area (Å²) in [7, 11) is 1.97. The van der Waals surface area contributed by atoms with Crippen LogP contribution in [0.15, 0.2) is 47.1 Å². The zero-order chi connectivity index (χ0) is 17.6. The summed E-state index contributed by atoms with van der Waals surface area (Å²) >= 11 is 0. The lowest BCUT2D eigenvalue weighted by Crippen LogP contribution is -2.20. The molecule has 2 aromatic heterocycles. The lowest BCUT2D eigenvalue weighted by atomic mass is 10.1. The first-order valence-electron chi connectivity index (χ1n) is 8.20.